The molecule has 0 bridgehead atoms. The van der Waals surface area contributed by atoms with Gasteiger partial charge in [-0.05, 0) is 23.6 Å². The van der Waals surface area contributed by atoms with Crippen molar-refractivity contribution in [2.75, 3.05) is 6.61 Å². The third kappa shape index (κ3) is 1.56. The highest BCUT2D eigenvalue weighted by Gasteiger charge is 2.24. The van der Waals surface area contributed by atoms with Gasteiger partial charge in [-0.1, -0.05) is 19.1 Å². The highest BCUT2D eigenvalue weighted by molar-refractivity contribution is 5.41. The van der Waals surface area contributed by atoms with E-state index < -0.39 is 0 Å². The van der Waals surface area contributed by atoms with Crippen molar-refractivity contribution in [1.29, 1.82) is 5.26 Å². The van der Waals surface area contributed by atoms with Crippen molar-refractivity contribution in [3.63, 3.8) is 0 Å². The van der Waals surface area contributed by atoms with Gasteiger partial charge in [-0.25, -0.2) is 0 Å². The predicted octanol–water partition coefficient (Wildman–Crippen LogP) is 2.19. The molecule has 2 rings (SSSR count). The smallest absolute Gasteiger partial charge is 0.106 e. The molecule has 0 spiro atoms. The van der Waals surface area contributed by atoms with Gasteiger partial charge in [0.05, 0.1) is 18.2 Å². The van der Waals surface area contributed by atoms with Gasteiger partial charge in [-0.15, -0.1) is 0 Å². The monoisotopic (exact) mass is 173 g/mol. The Bertz CT molecular complexity index is 361. The van der Waals surface area contributed by atoms with Crippen molar-refractivity contribution in [3.05, 3.63) is 34.9 Å². The summed E-state index contributed by atoms with van der Waals surface area (Å²) in [5, 5.41) is 8.81. The van der Waals surface area contributed by atoms with E-state index in [9.17, 15) is 0 Å². The Morgan fingerprint density at radius 1 is 1.62 bits per heavy atom. The highest BCUT2D eigenvalue weighted by atomic mass is 16.6. The van der Waals surface area contributed by atoms with Crippen molar-refractivity contribution < 1.29 is 4.74 Å². The third-order valence-corrected chi connectivity index (χ3v) is 2.34. The summed E-state index contributed by atoms with van der Waals surface area (Å²) in [6.45, 7) is 2.89. The zero-order chi connectivity index (χ0) is 9.26. The van der Waals surface area contributed by atoms with Gasteiger partial charge in [0, 0.05) is 0 Å². The molecular weight excluding hydrogens is 162 g/mol. The number of benzene rings is 1. The van der Waals surface area contributed by atoms with Crippen LogP contribution in [-0.2, 0) is 11.2 Å². The normalized spacial score (nSPS) is 19.5. The fourth-order valence-electron chi connectivity index (χ4n) is 1.46. The molecule has 0 amide bonds. The minimum atomic E-state index is 0.290. The van der Waals surface area contributed by atoms with Crippen LogP contribution in [0, 0.1) is 11.3 Å². The lowest BCUT2D eigenvalue weighted by Crippen LogP contribution is -1.90. The first-order chi connectivity index (χ1) is 6.35. The van der Waals surface area contributed by atoms with Crippen LogP contribution in [-0.4, -0.2) is 6.61 Å². The van der Waals surface area contributed by atoms with E-state index in [1.807, 2.05) is 12.1 Å². The van der Waals surface area contributed by atoms with Gasteiger partial charge in [0.1, 0.15) is 6.10 Å². The highest BCUT2D eigenvalue weighted by Crippen LogP contribution is 2.30. The molecule has 0 aliphatic carbocycles. The lowest BCUT2D eigenvalue weighted by molar-refractivity contribution is 0.415. The summed E-state index contributed by atoms with van der Waals surface area (Å²) >= 11 is 0. The SMILES string of the molecule is CCc1cc(C2CO2)ccc1C#N. The average Bonchev–Trinajstić information content (AvgIpc) is 3.00. The minimum absolute atomic E-state index is 0.290. The Labute approximate surface area is 77.8 Å². The molecule has 2 nitrogen and oxygen atoms in total. The molecule has 1 aliphatic heterocycles. The number of epoxide rings is 1. The number of hydrogen-bond acceptors (Lipinski definition) is 2. The van der Waals surface area contributed by atoms with Crippen molar-refractivity contribution >= 4 is 0 Å². The number of aryl methyl sites for hydroxylation is 1. The lowest BCUT2D eigenvalue weighted by Gasteiger charge is -2.02. The van der Waals surface area contributed by atoms with Crippen LogP contribution in [0.15, 0.2) is 18.2 Å². The van der Waals surface area contributed by atoms with Gasteiger partial charge >= 0.3 is 0 Å². The predicted molar refractivity (Wildman–Crippen MR) is 49.2 cm³/mol. The maximum absolute atomic E-state index is 8.81. The van der Waals surface area contributed by atoms with Gasteiger partial charge in [0.25, 0.3) is 0 Å². The first kappa shape index (κ1) is 8.28. The van der Waals surface area contributed by atoms with E-state index in [2.05, 4.69) is 19.1 Å². The summed E-state index contributed by atoms with van der Waals surface area (Å²) in [5.74, 6) is 0. The van der Waals surface area contributed by atoms with Crippen LogP contribution in [0.3, 0.4) is 0 Å². The minimum Gasteiger partial charge on any atom is -0.368 e. The Kier molecular flexibility index (Phi) is 2.03. The summed E-state index contributed by atoms with van der Waals surface area (Å²) < 4.78 is 5.18. The largest absolute Gasteiger partial charge is 0.368 e. The van der Waals surface area contributed by atoms with Gasteiger partial charge in [0.2, 0.25) is 0 Å². The standard InChI is InChI=1S/C11H11NO/c1-2-8-5-9(11-7-13-11)3-4-10(8)6-12/h3-5,11H,2,7H2,1H3. The molecule has 2 heteroatoms. The number of hydrogen-bond donors (Lipinski definition) is 0. The van der Waals surface area contributed by atoms with E-state index in [4.69, 9.17) is 10.00 Å². The van der Waals surface area contributed by atoms with Crippen LogP contribution < -0.4 is 0 Å². The first-order valence-corrected chi connectivity index (χ1v) is 4.49. The Morgan fingerprint density at radius 3 is 2.92 bits per heavy atom. The van der Waals surface area contributed by atoms with Gasteiger partial charge in [-0.3, -0.25) is 0 Å². The Hall–Kier alpha value is -1.33. The maximum Gasteiger partial charge on any atom is 0.106 e. The quantitative estimate of drug-likeness (QED) is 0.643. The van der Waals surface area contributed by atoms with Crippen molar-refractivity contribution in [3.8, 4) is 6.07 Å². The Morgan fingerprint density at radius 2 is 2.38 bits per heavy atom. The molecule has 0 radical (unpaired) electrons. The van der Waals surface area contributed by atoms with Crippen molar-refractivity contribution in [1.82, 2.24) is 0 Å². The summed E-state index contributed by atoms with van der Waals surface area (Å²) in [5.41, 5.74) is 3.11. The fraction of sp³-hybridized carbons (Fsp3) is 0.364. The molecular formula is C11H11NO. The van der Waals surface area contributed by atoms with Crippen LogP contribution in [0.5, 0.6) is 0 Å². The van der Waals surface area contributed by atoms with E-state index in [0.29, 0.717) is 0 Å². The molecule has 13 heavy (non-hydrogen) atoms. The topological polar surface area (TPSA) is 36.3 Å². The first-order valence-electron chi connectivity index (χ1n) is 4.49. The fourth-order valence-corrected chi connectivity index (χ4v) is 1.46. The number of nitrogens with zero attached hydrogens (tertiary/aromatic N) is 1. The second kappa shape index (κ2) is 3.20. The van der Waals surface area contributed by atoms with E-state index in [1.165, 1.54) is 5.56 Å². The average molecular weight is 173 g/mol. The summed E-state index contributed by atoms with van der Waals surface area (Å²) in [6.07, 6.45) is 1.20. The van der Waals surface area contributed by atoms with Gasteiger partial charge in [0.15, 0.2) is 0 Å². The molecule has 1 aromatic rings. The number of ether oxygens (including phenoxy) is 1. The van der Waals surface area contributed by atoms with Crippen molar-refractivity contribution in [2.24, 2.45) is 0 Å². The summed E-state index contributed by atoms with van der Waals surface area (Å²) in [6, 6.07) is 8.14. The Balaban J connectivity index is 2.38. The maximum atomic E-state index is 8.81. The second-order valence-corrected chi connectivity index (χ2v) is 3.20. The number of rotatable bonds is 2. The van der Waals surface area contributed by atoms with Crippen LogP contribution in [0.1, 0.15) is 29.7 Å². The molecule has 0 saturated carbocycles. The van der Waals surface area contributed by atoms with Gasteiger partial charge in [-0.2, -0.15) is 5.26 Å². The van der Waals surface area contributed by atoms with E-state index in [-0.39, 0.29) is 6.10 Å². The molecule has 0 N–H and O–H groups in total. The zero-order valence-corrected chi connectivity index (χ0v) is 7.58. The molecule has 66 valence electrons. The zero-order valence-electron chi connectivity index (χ0n) is 7.58. The van der Waals surface area contributed by atoms with E-state index in [0.717, 1.165) is 24.2 Å². The second-order valence-electron chi connectivity index (χ2n) is 3.20. The van der Waals surface area contributed by atoms with Crippen LogP contribution in [0.25, 0.3) is 0 Å². The molecule has 1 fully saturated rings. The molecule has 1 unspecified atom stereocenters. The van der Waals surface area contributed by atoms with E-state index >= 15 is 0 Å². The third-order valence-electron chi connectivity index (χ3n) is 2.34. The molecule has 1 saturated heterocycles. The van der Waals surface area contributed by atoms with Crippen LogP contribution in [0.2, 0.25) is 0 Å². The molecule has 1 atom stereocenters. The molecule has 1 heterocycles. The van der Waals surface area contributed by atoms with Crippen LogP contribution in [0.4, 0.5) is 0 Å². The number of nitriles is 1. The molecule has 1 aliphatic rings. The van der Waals surface area contributed by atoms with Crippen LogP contribution >= 0.6 is 0 Å². The lowest BCUT2D eigenvalue weighted by atomic mass is 10.0. The van der Waals surface area contributed by atoms with Crippen molar-refractivity contribution in [2.45, 2.75) is 19.4 Å². The molecule has 0 aromatic heterocycles. The molecule has 1 aromatic carbocycles. The summed E-state index contributed by atoms with van der Waals surface area (Å²) in [7, 11) is 0. The van der Waals surface area contributed by atoms with E-state index in [1.54, 1.807) is 0 Å². The van der Waals surface area contributed by atoms with Gasteiger partial charge < -0.3 is 4.74 Å². The summed E-state index contributed by atoms with van der Waals surface area (Å²) in [4.78, 5) is 0.